The minimum atomic E-state index is -2.31. The molecule has 0 radical (unpaired) electrons. The molecule has 0 aliphatic carbocycles. The second kappa shape index (κ2) is 22.0. The lowest BCUT2D eigenvalue weighted by molar-refractivity contribution is -0.359. The Balaban J connectivity index is 2.69. The van der Waals surface area contributed by atoms with E-state index in [1.54, 1.807) is 21.3 Å². The molecule has 2 aliphatic heterocycles. The van der Waals surface area contributed by atoms with Crippen molar-refractivity contribution in [2.45, 2.75) is 218 Å². The molecular weight excluding hydrogens is 888 g/mol. The van der Waals surface area contributed by atoms with Crippen molar-refractivity contribution < 1.29 is 46.5 Å². The first-order valence-corrected chi connectivity index (χ1v) is 31.1. The Labute approximate surface area is 365 Å². The van der Waals surface area contributed by atoms with Crippen molar-refractivity contribution >= 4 is 53.7 Å². The first-order valence-electron chi connectivity index (χ1n) is 21.7. The Morgan fingerprint density at radius 3 is 1.91 bits per heavy atom. The van der Waals surface area contributed by atoms with Gasteiger partial charge in [0.2, 0.25) is 5.79 Å². The number of ether oxygens (including phenoxy) is 6. The Hall–Kier alpha value is 0.111. The van der Waals surface area contributed by atoms with Crippen LogP contribution in [0.5, 0.6) is 0 Å². The minimum absolute atomic E-state index is 0.00197. The number of halogens is 1. The first-order chi connectivity index (χ1) is 26.2. The number of carbonyl (C=O) groups excluding carboxylic acids is 1. The summed E-state index contributed by atoms with van der Waals surface area (Å²) in [4.78, 5) is 13.4. The summed E-state index contributed by atoms with van der Waals surface area (Å²) in [6.07, 6.45) is 2.17. The van der Waals surface area contributed by atoms with E-state index in [4.69, 9.17) is 41.7 Å². The summed E-state index contributed by atoms with van der Waals surface area (Å²) in [5, 5.41) is -0.0320. The van der Waals surface area contributed by atoms with E-state index in [9.17, 15) is 4.79 Å². The predicted octanol–water partition coefficient (Wildman–Crippen LogP) is 12.0. The Morgan fingerprint density at radius 2 is 1.44 bits per heavy atom. The van der Waals surface area contributed by atoms with Crippen molar-refractivity contribution in [1.82, 2.24) is 0 Å². The second-order valence-electron chi connectivity index (χ2n) is 19.8. The van der Waals surface area contributed by atoms with Gasteiger partial charge in [0.1, 0.15) is 0 Å². The molecular formula is C43H85IO10Si3. The summed E-state index contributed by atoms with van der Waals surface area (Å²) >= 11 is 2.36. The average molecular weight is 973 g/mol. The lowest BCUT2D eigenvalue weighted by Gasteiger charge is -2.55. The van der Waals surface area contributed by atoms with Gasteiger partial charge in [-0.05, 0) is 107 Å². The molecule has 0 amide bonds. The predicted molar refractivity (Wildman–Crippen MR) is 248 cm³/mol. The van der Waals surface area contributed by atoms with Crippen molar-refractivity contribution in [3.63, 3.8) is 0 Å². The van der Waals surface area contributed by atoms with Crippen LogP contribution in [0.15, 0.2) is 9.66 Å². The summed E-state index contributed by atoms with van der Waals surface area (Å²) < 4.78 is 61.1. The second-order valence-corrected chi connectivity index (χ2v) is 35.8. The number of hydrogen-bond acceptors (Lipinski definition) is 10. The van der Waals surface area contributed by atoms with E-state index >= 15 is 0 Å². The third-order valence-electron chi connectivity index (χ3n) is 14.1. The molecule has 0 aromatic heterocycles. The molecule has 2 heterocycles. The van der Waals surface area contributed by atoms with Crippen LogP contribution in [0, 0.1) is 11.8 Å². The highest BCUT2D eigenvalue weighted by Crippen LogP contribution is 2.50. The normalized spacial score (nSPS) is 28.6. The molecule has 0 saturated carbocycles. The zero-order valence-electron chi connectivity index (χ0n) is 39.6. The standard InChI is InChI=1S/C43H85IO10Si3/c1-20-57(21-2,22-3)52-33(29-46-13)27-35-31(5)38(54-56(18,19)42(10,11)12)32(6)43(48-15,51-35)39-37(49-40(45)50-39)28-36(47-14)34(26-24-23-25-30(4)44)53-55(16,17)41(7,8)9/h25,31-39H,20-24,26-29H2,1-19H3/b30-25+/t31-,32+,33+,34-,35+,36-,37-,38-,39+,43+/m0/s1. The molecule has 2 fully saturated rings. The van der Waals surface area contributed by atoms with Gasteiger partial charge in [0.25, 0.3) is 0 Å². The van der Waals surface area contributed by atoms with Crippen LogP contribution in [-0.2, 0) is 41.7 Å². The van der Waals surface area contributed by atoms with Crippen LogP contribution in [0.2, 0.25) is 54.4 Å². The Morgan fingerprint density at radius 1 is 0.860 bits per heavy atom. The van der Waals surface area contributed by atoms with Crippen molar-refractivity contribution in [2.24, 2.45) is 11.8 Å². The van der Waals surface area contributed by atoms with Crippen molar-refractivity contribution in [1.29, 1.82) is 0 Å². The molecule has 14 heteroatoms. The molecule has 2 rings (SSSR count). The van der Waals surface area contributed by atoms with Crippen LogP contribution in [-0.4, -0.2) is 108 Å². The number of hydrogen-bond donors (Lipinski definition) is 0. The molecule has 10 nitrogen and oxygen atoms in total. The topological polar surface area (TPSA) is 100 Å². The molecule has 0 aromatic carbocycles. The van der Waals surface area contributed by atoms with Gasteiger partial charge in [0, 0.05) is 46.0 Å². The minimum Gasteiger partial charge on any atom is -0.427 e. The average Bonchev–Trinajstić information content (AvgIpc) is 3.49. The summed E-state index contributed by atoms with van der Waals surface area (Å²) in [5.74, 6) is -1.73. The molecule has 2 saturated heterocycles. The number of carbonyl (C=O) groups is 1. The zero-order valence-corrected chi connectivity index (χ0v) is 44.8. The van der Waals surface area contributed by atoms with E-state index in [0.29, 0.717) is 19.4 Å². The number of unbranched alkanes of at least 4 members (excludes halogenated alkanes) is 1. The maximum absolute atomic E-state index is 13.4. The quantitative estimate of drug-likeness (QED) is 0.0426. The monoisotopic (exact) mass is 972 g/mol. The van der Waals surface area contributed by atoms with Crippen LogP contribution in [0.25, 0.3) is 0 Å². The summed E-state index contributed by atoms with van der Waals surface area (Å²) in [6.45, 7) is 36.3. The highest BCUT2D eigenvalue weighted by atomic mass is 127. The van der Waals surface area contributed by atoms with Gasteiger partial charge in [-0.1, -0.05) is 82.2 Å². The van der Waals surface area contributed by atoms with Gasteiger partial charge < -0.3 is 41.7 Å². The molecule has 0 bridgehead atoms. The van der Waals surface area contributed by atoms with E-state index in [1.165, 1.54) is 3.58 Å². The third-order valence-corrected chi connectivity index (χ3v) is 28.2. The fourth-order valence-electron chi connectivity index (χ4n) is 7.99. The summed E-state index contributed by atoms with van der Waals surface area (Å²) in [7, 11) is -1.40. The number of methoxy groups -OCH3 is 3. The van der Waals surface area contributed by atoms with Gasteiger partial charge in [-0.3, -0.25) is 0 Å². The largest absolute Gasteiger partial charge is 0.509 e. The maximum Gasteiger partial charge on any atom is 0.509 e. The van der Waals surface area contributed by atoms with Crippen LogP contribution in [0.1, 0.15) is 115 Å². The van der Waals surface area contributed by atoms with Gasteiger partial charge in [-0.15, -0.1) is 0 Å². The van der Waals surface area contributed by atoms with Crippen molar-refractivity contribution in [3.05, 3.63) is 9.66 Å². The van der Waals surface area contributed by atoms with Gasteiger partial charge >= 0.3 is 6.16 Å². The van der Waals surface area contributed by atoms with E-state index in [2.05, 4.69) is 138 Å². The highest BCUT2D eigenvalue weighted by molar-refractivity contribution is 14.1. The fraction of sp³-hybridized carbons (Fsp3) is 0.930. The smallest absolute Gasteiger partial charge is 0.427 e. The van der Waals surface area contributed by atoms with E-state index in [1.807, 2.05) is 0 Å². The molecule has 336 valence electrons. The van der Waals surface area contributed by atoms with Crippen LogP contribution < -0.4 is 0 Å². The Kier molecular flexibility index (Phi) is 20.5. The number of cyclic esters (lactones) is 2. The van der Waals surface area contributed by atoms with E-state index in [-0.39, 0.29) is 52.4 Å². The zero-order chi connectivity index (χ0) is 43.8. The third kappa shape index (κ3) is 13.6. The Bertz CT molecular complexity index is 1250. The van der Waals surface area contributed by atoms with Crippen molar-refractivity contribution in [3.8, 4) is 0 Å². The molecule has 2 aliphatic rings. The lowest BCUT2D eigenvalue weighted by Crippen LogP contribution is -2.67. The van der Waals surface area contributed by atoms with E-state index < -0.39 is 49.1 Å². The summed E-state index contributed by atoms with van der Waals surface area (Å²) in [6, 6.07) is 3.09. The van der Waals surface area contributed by atoms with Crippen LogP contribution in [0.4, 0.5) is 4.79 Å². The van der Waals surface area contributed by atoms with Crippen LogP contribution in [0.3, 0.4) is 0 Å². The molecule has 0 aromatic rings. The lowest BCUT2D eigenvalue weighted by atomic mass is 9.76. The molecule has 0 N–H and O–H groups in total. The first kappa shape index (κ1) is 53.2. The summed E-state index contributed by atoms with van der Waals surface area (Å²) in [5.41, 5.74) is 0. The maximum atomic E-state index is 13.4. The van der Waals surface area contributed by atoms with Gasteiger partial charge in [-0.25, -0.2) is 4.79 Å². The fourth-order valence-corrected chi connectivity index (χ4v) is 14.0. The van der Waals surface area contributed by atoms with Gasteiger partial charge in [-0.2, -0.15) is 0 Å². The molecule has 0 unspecified atom stereocenters. The van der Waals surface area contributed by atoms with Crippen LogP contribution >= 0.6 is 22.6 Å². The molecule has 57 heavy (non-hydrogen) atoms. The van der Waals surface area contributed by atoms with Gasteiger partial charge in [0.15, 0.2) is 37.2 Å². The molecule has 10 atom stereocenters. The number of allylic oxidation sites excluding steroid dienone is 2. The van der Waals surface area contributed by atoms with Crippen molar-refractivity contribution in [2.75, 3.05) is 27.9 Å². The molecule has 0 spiro atoms. The highest BCUT2D eigenvalue weighted by Gasteiger charge is 2.64. The SMILES string of the molecule is CC[Si](CC)(CC)O[C@@H](COC)C[C@H]1O[C@@](OC)([C@@H]2OC(=O)O[C@H]2C[C@H](OC)[C@H](CCC/C=C(\C)I)O[Si](C)(C)C(C)(C)C)[C@H](C)[C@@H](O[Si](C)(C)C(C)(C)C)[C@H]1C. The number of rotatable bonds is 23. The van der Waals surface area contributed by atoms with Gasteiger partial charge in [0.05, 0.1) is 37.1 Å². The van der Waals surface area contributed by atoms with E-state index in [0.717, 1.165) is 37.4 Å².